The summed E-state index contributed by atoms with van der Waals surface area (Å²) >= 11 is 0. The molecule has 1 saturated heterocycles. The maximum atomic E-state index is 13.7. The highest BCUT2D eigenvalue weighted by Crippen LogP contribution is 2.29. The molecule has 0 unspecified atom stereocenters. The minimum absolute atomic E-state index is 0.166. The molecule has 1 aliphatic heterocycles. The summed E-state index contributed by atoms with van der Waals surface area (Å²) in [5.74, 6) is -0.954. The lowest BCUT2D eigenvalue weighted by molar-refractivity contribution is 0.0821. The third-order valence-electron chi connectivity index (χ3n) is 3.95. The Bertz CT molecular complexity index is 716. The largest absolute Gasteiger partial charge is 0.392 e. The summed E-state index contributed by atoms with van der Waals surface area (Å²) in [6, 6.07) is 3.86. The lowest BCUT2D eigenvalue weighted by atomic mass is 10.0. The fourth-order valence-electron chi connectivity index (χ4n) is 2.72. The first kappa shape index (κ1) is 15.6. The molecule has 0 spiro atoms. The number of benzene rings is 1. The first-order chi connectivity index (χ1) is 11.1. The predicted molar refractivity (Wildman–Crippen MR) is 80.1 cm³/mol. The summed E-state index contributed by atoms with van der Waals surface area (Å²) in [5, 5.41) is 16.0. The van der Waals surface area contributed by atoms with Crippen LogP contribution in [-0.4, -0.2) is 33.4 Å². The SMILES string of the molecule is Cn1cc([C@H]2OCC[C@@H]2NC(=O)c2ccc(CO)c(F)c2)cn1. The second-order valence-corrected chi connectivity index (χ2v) is 5.57. The topological polar surface area (TPSA) is 76.4 Å². The number of aryl methyl sites for hydroxylation is 1. The zero-order valence-corrected chi connectivity index (χ0v) is 12.7. The first-order valence-electron chi connectivity index (χ1n) is 7.39. The van der Waals surface area contributed by atoms with Gasteiger partial charge in [-0.15, -0.1) is 0 Å². The van der Waals surface area contributed by atoms with Gasteiger partial charge in [0.2, 0.25) is 0 Å². The van der Waals surface area contributed by atoms with Gasteiger partial charge >= 0.3 is 0 Å². The van der Waals surface area contributed by atoms with Crippen LogP contribution in [0.5, 0.6) is 0 Å². The molecule has 2 atom stereocenters. The van der Waals surface area contributed by atoms with Crippen LogP contribution in [-0.2, 0) is 18.4 Å². The Morgan fingerprint density at radius 2 is 2.39 bits per heavy atom. The Morgan fingerprint density at radius 1 is 1.57 bits per heavy atom. The van der Waals surface area contributed by atoms with E-state index >= 15 is 0 Å². The third-order valence-corrected chi connectivity index (χ3v) is 3.95. The molecule has 1 fully saturated rings. The number of ether oxygens (including phenoxy) is 1. The van der Waals surface area contributed by atoms with Crippen molar-refractivity contribution in [2.45, 2.75) is 25.2 Å². The van der Waals surface area contributed by atoms with Crippen molar-refractivity contribution in [3.05, 3.63) is 53.1 Å². The highest BCUT2D eigenvalue weighted by molar-refractivity contribution is 5.94. The molecule has 3 rings (SSSR count). The van der Waals surface area contributed by atoms with Crippen molar-refractivity contribution in [1.29, 1.82) is 0 Å². The number of nitrogens with zero attached hydrogens (tertiary/aromatic N) is 2. The molecule has 122 valence electrons. The van der Waals surface area contributed by atoms with Crippen molar-refractivity contribution in [3.8, 4) is 0 Å². The number of nitrogens with one attached hydrogen (secondary N) is 1. The van der Waals surface area contributed by atoms with Crippen molar-refractivity contribution in [2.24, 2.45) is 7.05 Å². The Hall–Kier alpha value is -2.25. The number of amides is 1. The Kier molecular flexibility index (Phi) is 4.40. The zero-order valence-electron chi connectivity index (χ0n) is 12.7. The predicted octanol–water partition coefficient (Wildman–Crippen LogP) is 1.31. The van der Waals surface area contributed by atoms with Gasteiger partial charge in [-0.3, -0.25) is 9.48 Å². The summed E-state index contributed by atoms with van der Waals surface area (Å²) < 4.78 is 21.1. The van der Waals surface area contributed by atoms with Crippen LogP contribution < -0.4 is 5.32 Å². The van der Waals surface area contributed by atoms with Gasteiger partial charge in [0.25, 0.3) is 5.91 Å². The van der Waals surface area contributed by atoms with E-state index in [9.17, 15) is 9.18 Å². The zero-order chi connectivity index (χ0) is 16.4. The van der Waals surface area contributed by atoms with E-state index in [1.807, 2.05) is 13.2 Å². The molecule has 2 heterocycles. The number of aromatic nitrogens is 2. The second-order valence-electron chi connectivity index (χ2n) is 5.57. The molecule has 7 heteroatoms. The molecule has 1 aromatic carbocycles. The van der Waals surface area contributed by atoms with Crippen LogP contribution in [0.4, 0.5) is 4.39 Å². The first-order valence-corrected chi connectivity index (χ1v) is 7.39. The van der Waals surface area contributed by atoms with E-state index in [-0.39, 0.29) is 29.2 Å². The number of aliphatic hydroxyl groups excluding tert-OH is 1. The fourth-order valence-corrected chi connectivity index (χ4v) is 2.72. The molecule has 1 aliphatic rings. The number of carbonyl (C=O) groups excluding carboxylic acids is 1. The maximum Gasteiger partial charge on any atom is 0.251 e. The number of carbonyl (C=O) groups is 1. The molecule has 0 radical (unpaired) electrons. The maximum absolute atomic E-state index is 13.7. The van der Waals surface area contributed by atoms with Gasteiger partial charge < -0.3 is 15.2 Å². The van der Waals surface area contributed by atoms with Crippen LogP contribution in [0.15, 0.2) is 30.6 Å². The van der Waals surface area contributed by atoms with Crippen LogP contribution in [0.3, 0.4) is 0 Å². The Labute approximate surface area is 132 Å². The van der Waals surface area contributed by atoms with Crippen LogP contribution in [0.1, 0.15) is 34.0 Å². The lowest BCUT2D eigenvalue weighted by Gasteiger charge is -2.19. The molecular weight excluding hydrogens is 301 g/mol. The number of aliphatic hydroxyl groups is 1. The molecule has 0 bridgehead atoms. The summed E-state index contributed by atoms with van der Waals surface area (Å²) in [6.07, 6.45) is 3.99. The van der Waals surface area contributed by atoms with E-state index in [1.165, 1.54) is 12.1 Å². The van der Waals surface area contributed by atoms with Gasteiger partial charge in [-0.05, 0) is 18.6 Å². The summed E-state index contributed by atoms with van der Waals surface area (Å²) in [5.41, 5.74) is 1.28. The van der Waals surface area contributed by atoms with Gasteiger partial charge in [-0.1, -0.05) is 6.07 Å². The molecule has 2 N–H and O–H groups in total. The third kappa shape index (κ3) is 3.25. The normalized spacial score (nSPS) is 20.7. The molecule has 2 aromatic rings. The average Bonchev–Trinajstić information content (AvgIpc) is 3.15. The average molecular weight is 319 g/mol. The van der Waals surface area contributed by atoms with Crippen LogP contribution in [0.2, 0.25) is 0 Å². The number of hydrogen-bond acceptors (Lipinski definition) is 4. The fraction of sp³-hybridized carbons (Fsp3) is 0.375. The van der Waals surface area contributed by atoms with Gasteiger partial charge in [0.15, 0.2) is 0 Å². The number of halogens is 1. The second kappa shape index (κ2) is 6.47. The van der Waals surface area contributed by atoms with E-state index in [0.29, 0.717) is 13.0 Å². The highest BCUT2D eigenvalue weighted by Gasteiger charge is 2.32. The van der Waals surface area contributed by atoms with Crippen LogP contribution in [0, 0.1) is 5.82 Å². The van der Waals surface area contributed by atoms with Gasteiger partial charge in [0, 0.05) is 36.5 Å². The lowest BCUT2D eigenvalue weighted by Crippen LogP contribution is -2.36. The van der Waals surface area contributed by atoms with E-state index in [1.54, 1.807) is 10.9 Å². The molecule has 1 aromatic heterocycles. The smallest absolute Gasteiger partial charge is 0.251 e. The standard InChI is InChI=1S/C16H18FN3O3/c1-20-8-12(7-18-20)15-14(4-5-23-15)19-16(22)10-2-3-11(9-21)13(17)6-10/h2-3,6-8,14-15,21H,4-5,9H2,1H3,(H,19,22)/t14-,15+/m0/s1. The Balaban J connectivity index is 1.73. The molecule has 1 amide bonds. The summed E-state index contributed by atoms with van der Waals surface area (Å²) in [4.78, 5) is 12.3. The van der Waals surface area contributed by atoms with Gasteiger partial charge in [-0.25, -0.2) is 4.39 Å². The van der Waals surface area contributed by atoms with Crippen LogP contribution >= 0.6 is 0 Å². The number of rotatable bonds is 4. The quantitative estimate of drug-likeness (QED) is 0.891. The Morgan fingerprint density at radius 3 is 3.04 bits per heavy atom. The molecular formula is C16H18FN3O3. The van der Waals surface area contributed by atoms with Crippen molar-refractivity contribution in [2.75, 3.05) is 6.61 Å². The van der Waals surface area contributed by atoms with E-state index in [0.717, 1.165) is 11.6 Å². The van der Waals surface area contributed by atoms with Crippen molar-refractivity contribution in [1.82, 2.24) is 15.1 Å². The highest BCUT2D eigenvalue weighted by atomic mass is 19.1. The minimum atomic E-state index is -0.591. The van der Waals surface area contributed by atoms with E-state index in [4.69, 9.17) is 9.84 Å². The molecule has 0 aliphatic carbocycles. The van der Waals surface area contributed by atoms with Crippen LogP contribution in [0.25, 0.3) is 0 Å². The van der Waals surface area contributed by atoms with Crippen molar-refractivity contribution < 1.29 is 19.0 Å². The van der Waals surface area contributed by atoms with Crippen molar-refractivity contribution >= 4 is 5.91 Å². The summed E-state index contributed by atoms with van der Waals surface area (Å²) in [7, 11) is 1.82. The minimum Gasteiger partial charge on any atom is -0.392 e. The van der Waals surface area contributed by atoms with Gasteiger partial charge in [-0.2, -0.15) is 5.10 Å². The van der Waals surface area contributed by atoms with Gasteiger partial charge in [0.1, 0.15) is 11.9 Å². The van der Waals surface area contributed by atoms with Crippen molar-refractivity contribution in [3.63, 3.8) is 0 Å². The number of hydrogen-bond donors (Lipinski definition) is 2. The summed E-state index contributed by atoms with van der Waals surface area (Å²) in [6.45, 7) is 0.148. The molecule has 0 saturated carbocycles. The monoisotopic (exact) mass is 319 g/mol. The molecule has 6 nitrogen and oxygen atoms in total. The van der Waals surface area contributed by atoms with E-state index < -0.39 is 12.4 Å². The van der Waals surface area contributed by atoms with E-state index in [2.05, 4.69) is 10.4 Å². The van der Waals surface area contributed by atoms with Gasteiger partial charge in [0.05, 0.1) is 18.8 Å². The molecule has 23 heavy (non-hydrogen) atoms.